The fourth-order valence-corrected chi connectivity index (χ4v) is 6.84. The monoisotopic (exact) mass is 547 g/mol. The van der Waals surface area contributed by atoms with E-state index in [4.69, 9.17) is 9.72 Å². The van der Waals surface area contributed by atoms with E-state index in [1.54, 1.807) is 6.20 Å². The molecule has 2 saturated heterocycles. The van der Waals surface area contributed by atoms with Crippen molar-refractivity contribution < 1.29 is 9.53 Å². The molecule has 7 heteroatoms. The summed E-state index contributed by atoms with van der Waals surface area (Å²) in [5, 5.41) is 3.25. The van der Waals surface area contributed by atoms with Gasteiger partial charge in [0.05, 0.1) is 11.7 Å². The number of carbonyl (C=O) groups excluding carboxylic acids is 1. The third-order valence-electron chi connectivity index (χ3n) is 9.37. The summed E-state index contributed by atoms with van der Waals surface area (Å²) in [4.78, 5) is 25.1. The van der Waals surface area contributed by atoms with E-state index in [9.17, 15) is 4.79 Å². The second-order valence-electron chi connectivity index (χ2n) is 11.8. The van der Waals surface area contributed by atoms with Crippen LogP contribution in [0.1, 0.15) is 71.1 Å². The normalized spacial score (nSPS) is 19.7. The lowest BCUT2D eigenvalue weighted by molar-refractivity contribution is 0.00212. The Bertz CT molecular complexity index is 1520. The van der Waals surface area contributed by atoms with E-state index in [0.717, 1.165) is 57.0 Å². The Morgan fingerprint density at radius 3 is 2.59 bits per heavy atom. The van der Waals surface area contributed by atoms with Gasteiger partial charge in [-0.3, -0.25) is 9.78 Å². The number of nitrogens with zero attached hydrogens (tertiary/aromatic N) is 4. The molecule has 1 spiro atoms. The minimum absolute atomic E-state index is 0.165. The molecular weight excluding hydrogens is 510 g/mol. The van der Waals surface area contributed by atoms with Gasteiger partial charge in [0.25, 0.3) is 5.91 Å². The van der Waals surface area contributed by atoms with Crippen molar-refractivity contribution in [3.8, 4) is 5.69 Å². The Labute approximate surface area is 241 Å². The number of hydrogen-bond acceptors (Lipinski definition) is 5. The topological polar surface area (TPSA) is 72.3 Å². The molecule has 4 aromatic rings. The van der Waals surface area contributed by atoms with Crippen LogP contribution < -0.4 is 10.2 Å². The Morgan fingerprint density at radius 1 is 0.927 bits per heavy atom. The van der Waals surface area contributed by atoms with Gasteiger partial charge in [-0.05, 0) is 91.3 Å². The molecule has 1 N–H and O–H groups in total. The van der Waals surface area contributed by atoms with E-state index in [1.807, 2.05) is 42.7 Å². The fraction of sp³-hybridized carbons (Fsp3) is 0.382. The second-order valence-corrected chi connectivity index (χ2v) is 11.8. The van der Waals surface area contributed by atoms with Crippen LogP contribution in [0.25, 0.3) is 5.69 Å². The number of imidazole rings is 1. The number of hydrogen-bond donors (Lipinski definition) is 1. The number of carbonyl (C=O) groups is 1. The minimum Gasteiger partial charge on any atom is -0.381 e. The first kappa shape index (κ1) is 26.0. The third-order valence-corrected chi connectivity index (χ3v) is 9.37. The molecule has 1 amide bonds. The minimum atomic E-state index is -0.198. The molecule has 7 nitrogen and oxygen atoms in total. The number of ether oxygens (including phenoxy) is 1. The average molecular weight is 548 g/mol. The summed E-state index contributed by atoms with van der Waals surface area (Å²) >= 11 is 0. The molecule has 2 aromatic carbocycles. The van der Waals surface area contributed by atoms with Crippen LogP contribution in [0.3, 0.4) is 0 Å². The van der Waals surface area contributed by atoms with Crippen LogP contribution in [0.4, 0.5) is 5.69 Å². The summed E-state index contributed by atoms with van der Waals surface area (Å²) < 4.78 is 7.81. The number of nitrogens with one attached hydrogen (secondary N) is 1. The molecule has 3 aliphatic rings. The van der Waals surface area contributed by atoms with Crippen LogP contribution in [0.15, 0.2) is 79.3 Å². The zero-order chi connectivity index (χ0) is 27.6. The van der Waals surface area contributed by atoms with Crippen molar-refractivity contribution in [2.24, 2.45) is 5.41 Å². The largest absolute Gasteiger partial charge is 0.381 e. The van der Waals surface area contributed by atoms with E-state index < -0.39 is 0 Å². The molecule has 2 aromatic heterocycles. The molecular formula is C34H37N5O2. The lowest BCUT2D eigenvalue weighted by Gasteiger charge is -2.45. The van der Waals surface area contributed by atoms with Crippen molar-refractivity contribution >= 4 is 11.6 Å². The fourth-order valence-electron chi connectivity index (χ4n) is 6.84. The Hall–Kier alpha value is -3.97. The quantitative estimate of drug-likeness (QED) is 0.349. The van der Waals surface area contributed by atoms with Gasteiger partial charge in [0, 0.05) is 50.6 Å². The summed E-state index contributed by atoms with van der Waals surface area (Å²) in [7, 11) is 0. The highest BCUT2D eigenvalue weighted by Gasteiger charge is 2.36. The standard InChI is InChI=1S/C34H37N5O2/c40-33(30-23-26(10-15-35-30)22-25-4-2-1-3-5-25)37-29-9-7-27-6-8-28(24-31(27)39-19-16-36-32(29)39)38-17-11-34(12-18-38)13-20-41-21-14-34/h1-6,8,10,15-16,19,23-24,29H,7,9,11-14,17-18,20-22H2,(H,37,40). The predicted molar refractivity (Wildman–Crippen MR) is 160 cm³/mol. The van der Waals surface area contributed by atoms with Crippen LogP contribution >= 0.6 is 0 Å². The molecule has 1 unspecified atom stereocenters. The number of fused-ring (bicyclic) bond motifs is 3. The number of piperidine rings is 1. The summed E-state index contributed by atoms with van der Waals surface area (Å²) in [6.07, 6.45) is 12.9. The summed E-state index contributed by atoms with van der Waals surface area (Å²) in [5.41, 5.74) is 6.91. The van der Waals surface area contributed by atoms with Crippen molar-refractivity contribution in [2.45, 2.75) is 51.0 Å². The summed E-state index contributed by atoms with van der Waals surface area (Å²) in [6, 6.07) is 20.8. The van der Waals surface area contributed by atoms with E-state index in [-0.39, 0.29) is 11.9 Å². The van der Waals surface area contributed by atoms with E-state index in [0.29, 0.717) is 11.1 Å². The number of pyridine rings is 1. The third kappa shape index (κ3) is 5.38. The van der Waals surface area contributed by atoms with Crippen LogP contribution in [0.2, 0.25) is 0 Å². The van der Waals surface area contributed by atoms with Crippen molar-refractivity contribution in [2.75, 3.05) is 31.2 Å². The molecule has 41 heavy (non-hydrogen) atoms. The summed E-state index contributed by atoms with van der Waals surface area (Å²) in [5.74, 6) is 0.705. The number of aryl methyl sites for hydroxylation is 1. The van der Waals surface area contributed by atoms with Gasteiger partial charge in [0.2, 0.25) is 0 Å². The van der Waals surface area contributed by atoms with Crippen LogP contribution in [0, 0.1) is 5.41 Å². The molecule has 0 radical (unpaired) electrons. The van der Waals surface area contributed by atoms with Gasteiger partial charge >= 0.3 is 0 Å². The van der Waals surface area contributed by atoms with Gasteiger partial charge in [-0.1, -0.05) is 36.4 Å². The van der Waals surface area contributed by atoms with Crippen LogP contribution in [-0.4, -0.2) is 46.7 Å². The van der Waals surface area contributed by atoms with E-state index in [1.165, 1.54) is 48.2 Å². The molecule has 210 valence electrons. The number of benzene rings is 2. The molecule has 2 fully saturated rings. The first-order valence-corrected chi connectivity index (χ1v) is 14.9. The summed E-state index contributed by atoms with van der Waals surface area (Å²) in [6.45, 7) is 4.00. The predicted octanol–water partition coefficient (Wildman–Crippen LogP) is 5.67. The smallest absolute Gasteiger partial charge is 0.270 e. The number of rotatable bonds is 5. The number of anilines is 1. The van der Waals surface area contributed by atoms with Gasteiger partial charge in [0.1, 0.15) is 11.5 Å². The Balaban J connectivity index is 1.08. The van der Waals surface area contributed by atoms with E-state index in [2.05, 4.69) is 50.1 Å². The van der Waals surface area contributed by atoms with Crippen molar-refractivity contribution in [3.63, 3.8) is 0 Å². The molecule has 7 rings (SSSR count). The maximum absolute atomic E-state index is 13.4. The van der Waals surface area contributed by atoms with Crippen molar-refractivity contribution in [1.82, 2.24) is 19.9 Å². The van der Waals surface area contributed by atoms with Gasteiger partial charge < -0.3 is 19.5 Å². The molecule has 1 atom stereocenters. The molecule has 0 bridgehead atoms. The second kappa shape index (κ2) is 11.1. The van der Waals surface area contributed by atoms with E-state index >= 15 is 0 Å². The lowest BCUT2D eigenvalue weighted by Crippen LogP contribution is -2.43. The first-order valence-electron chi connectivity index (χ1n) is 14.9. The highest BCUT2D eigenvalue weighted by atomic mass is 16.5. The Morgan fingerprint density at radius 2 is 1.76 bits per heavy atom. The van der Waals surface area contributed by atoms with Crippen LogP contribution in [0.5, 0.6) is 0 Å². The zero-order valence-electron chi connectivity index (χ0n) is 23.5. The molecule has 0 aliphatic carbocycles. The van der Waals surface area contributed by atoms with Gasteiger partial charge in [-0.25, -0.2) is 4.98 Å². The Kier molecular flexibility index (Phi) is 7.05. The van der Waals surface area contributed by atoms with Gasteiger partial charge in [-0.15, -0.1) is 0 Å². The van der Waals surface area contributed by atoms with Crippen LogP contribution in [-0.2, 0) is 17.6 Å². The number of aromatic nitrogens is 3. The molecule has 0 saturated carbocycles. The SMILES string of the molecule is O=C(NC1CCc2ccc(N3CCC4(CCOCC4)CC3)cc2-n2ccnc21)c1cc(Cc2ccccc2)ccn1. The van der Waals surface area contributed by atoms with Gasteiger partial charge in [0.15, 0.2) is 0 Å². The van der Waals surface area contributed by atoms with Crippen molar-refractivity contribution in [1.29, 1.82) is 0 Å². The van der Waals surface area contributed by atoms with Crippen molar-refractivity contribution in [3.05, 3.63) is 107 Å². The number of amides is 1. The molecule has 5 heterocycles. The average Bonchev–Trinajstić information content (AvgIpc) is 3.45. The highest BCUT2D eigenvalue weighted by Crippen LogP contribution is 2.42. The zero-order valence-corrected chi connectivity index (χ0v) is 23.5. The molecule has 3 aliphatic heterocycles. The van der Waals surface area contributed by atoms with Gasteiger partial charge in [-0.2, -0.15) is 0 Å². The lowest BCUT2D eigenvalue weighted by atomic mass is 9.72. The maximum atomic E-state index is 13.4. The maximum Gasteiger partial charge on any atom is 0.270 e. The highest BCUT2D eigenvalue weighted by molar-refractivity contribution is 5.92. The first-order chi connectivity index (χ1) is 20.2.